The van der Waals surface area contributed by atoms with Crippen molar-refractivity contribution in [3.05, 3.63) is 12.7 Å². The van der Waals surface area contributed by atoms with Crippen molar-refractivity contribution >= 4 is 5.91 Å². The summed E-state index contributed by atoms with van der Waals surface area (Å²) in [5.41, 5.74) is 0.191. The molecule has 1 rings (SSSR count). The summed E-state index contributed by atoms with van der Waals surface area (Å²) in [5, 5.41) is 0. The van der Waals surface area contributed by atoms with Crippen molar-refractivity contribution in [3.63, 3.8) is 0 Å². The Balaban J connectivity index is 2.71. The van der Waals surface area contributed by atoms with Crippen LogP contribution >= 0.6 is 0 Å². The Morgan fingerprint density at radius 3 is 2.50 bits per heavy atom. The smallest absolute Gasteiger partial charge is 0.246 e. The topological polar surface area (TPSA) is 23.6 Å². The number of piperazine rings is 1. The highest BCUT2D eigenvalue weighted by atomic mass is 16.2. The monoisotopic (exact) mass is 224 g/mol. The Bertz CT molecular complexity index is 268. The van der Waals surface area contributed by atoms with E-state index in [1.807, 2.05) is 4.90 Å². The highest BCUT2D eigenvalue weighted by Gasteiger charge is 2.32. The highest BCUT2D eigenvalue weighted by molar-refractivity contribution is 5.87. The molecule has 3 heteroatoms. The average Bonchev–Trinajstić information content (AvgIpc) is 2.26. The number of hydrogen-bond donors (Lipinski definition) is 0. The van der Waals surface area contributed by atoms with Crippen molar-refractivity contribution in [1.29, 1.82) is 0 Å². The van der Waals surface area contributed by atoms with Gasteiger partial charge in [0, 0.05) is 31.2 Å². The number of carbonyl (C=O) groups excluding carboxylic acids is 1. The fourth-order valence-electron chi connectivity index (χ4n) is 2.22. The maximum Gasteiger partial charge on any atom is 0.246 e. The Labute approximate surface area is 99.1 Å². The summed E-state index contributed by atoms with van der Waals surface area (Å²) < 4.78 is 0. The summed E-state index contributed by atoms with van der Waals surface area (Å²) in [4.78, 5) is 16.1. The highest BCUT2D eigenvalue weighted by Crippen LogP contribution is 2.21. The Hall–Kier alpha value is -0.830. The molecule has 0 aromatic heterocycles. The molecule has 0 unspecified atom stereocenters. The van der Waals surface area contributed by atoms with Gasteiger partial charge >= 0.3 is 0 Å². The third-order valence-electron chi connectivity index (χ3n) is 3.36. The van der Waals surface area contributed by atoms with Gasteiger partial charge in [0.15, 0.2) is 0 Å². The van der Waals surface area contributed by atoms with Gasteiger partial charge in [-0.25, -0.2) is 0 Å². The summed E-state index contributed by atoms with van der Waals surface area (Å²) in [7, 11) is 0. The zero-order valence-corrected chi connectivity index (χ0v) is 11.0. The molecule has 1 aliphatic heterocycles. The van der Waals surface area contributed by atoms with Crippen molar-refractivity contribution in [2.24, 2.45) is 0 Å². The van der Waals surface area contributed by atoms with Crippen LogP contribution in [0.5, 0.6) is 0 Å². The third kappa shape index (κ3) is 2.85. The zero-order chi connectivity index (χ0) is 12.3. The Morgan fingerprint density at radius 1 is 1.44 bits per heavy atom. The Kier molecular flexibility index (Phi) is 4.14. The first-order valence-corrected chi connectivity index (χ1v) is 6.08. The SMILES string of the molecule is C=CC(=O)N1CCN(C(C)(C)C)C[C@@H]1CC. The number of rotatable bonds is 2. The molecule has 0 saturated carbocycles. The minimum Gasteiger partial charge on any atom is -0.334 e. The first-order valence-electron chi connectivity index (χ1n) is 6.08. The summed E-state index contributed by atoms with van der Waals surface area (Å²) >= 11 is 0. The van der Waals surface area contributed by atoms with E-state index in [1.54, 1.807) is 0 Å². The first-order chi connectivity index (χ1) is 7.40. The molecule has 0 spiro atoms. The van der Waals surface area contributed by atoms with Crippen LogP contribution < -0.4 is 0 Å². The van der Waals surface area contributed by atoms with Crippen LogP contribution in [0.15, 0.2) is 12.7 Å². The van der Waals surface area contributed by atoms with E-state index in [9.17, 15) is 4.79 Å². The van der Waals surface area contributed by atoms with Crippen molar-refractivity contribution in [3.8, 4) is 0 Å². The van der Waals surface area contributed by atoms with E-state index in [1.165, 1.54) is 6.08 Å². The molecule has 0 radical (unpaired) electrons. The summed E-state index contributed by atoms with van der Waals surface area (Å²) in [6.45, 7) is 15.1. The van der Waals surface area contributed by atoms with Crippen molar-refractivity contribution in [1.82, 2.24) is 9.80 Å². The van der Waals surface area contributed by atoms with E-state index in [2.05, 4.69) is 39.2 Å². The lowest BCUT2D eigenvalue weighted by molar-refractivity contribution is -0.132. The van der Waals surface area contributed by atoms with Gasteiger partial charge in [-0.05, 0) is 33.3 Å². The standard InChI is InChI=1S/C13H24N2O/c1-6-11-10-14(13(3,4)5)8-9-15(11)12(16)7-2/h7,11H,2,6,8-10H2,1,3-5H3/t11-/m0/s1. The zero-order valence-electron chi connectivity index (χ0n) is 11.0. The summed E-state index contributed by atoms with van der Waals surface area (Å²) in [6.07, 6.45) is 2.43. The van der Waals surface area contributed by atoms with Gasteiger partial charge in [-0.2, -0.15) is 0 Å². The molecule has 3 nitrogen and oxygen atoms in total. The molecule has 1 saturated heterocycles. The van der Waals surface area contributed by atoms with E-state index < -0.39 is 0 Å². The van der Waals surface area contributed by atoms with E-state index in [-0.39, 0.29) is 11.4 Å². The predicted molar refractivity (Wildman–Crippen MR) is 67.3 cm³/mol. The molecule has 1 amide bonds. The van der Waals surface area contributed by atoms with Gasteiger partial charge in [0.05, 0.1) is 0 Å². The minimum atomic E-state index is 0.0698. The molecule has 92 valence electrons. The molecule has 0 aromatic rings. The maximum atomic E-state index is 11.7. The Morgan fingerprint density at radius 2 is 2.06 bits per heavy atom. The maximum absolute atomic E-state index is 11.7. The second-order valence-electron chi connectivity index (χ2n) is 5.41. The number of carbonyl (C=O) groups is 1. The van der Waals surface area contributed by atoms with Gasteiger partial charge in [-0.1, -0.05) is 13.5 Å². The van der Waals surface area contributed by atoms with E-state index in [4.69, 9.17) is 0 Å². The molecule has 0 aliphatic carbocycles. The van der Waals surface area contributed by atoms with Crippen molar-refractivity contribution in [2.45, 2.75) is 45.7 Å². The fraction of sp³-hybridized carbons (Fsp3) is 0.769. The minimum absolute atomic E-state index is 0.0698. The molecule has 16 heavy (non-hydrogen) atoms. The average molecular weight is 224 g/mol. The van der Waals surface area contributed by atoms with E-state index in [0.717, 1.165) is 26.1 Å². The quantitative estimate of drug-likeness (QED) is 0.669. The first kappa shape index (κ1) is 13.2. The lowest BCUT2D eigenvalue weighted by atomic mass is 10.0. The molecular formula is C13H24N2O. The van der Waals surface area contributed by atoms with Gasteiger partial charge in [0.25, 0.3) is 0 Å². The second-order valence-corrected chi connectivity index (χ2v) is 5.41. The molecule has 0 bridgehead atoms. The van der Waals surface area contributed by atoms with E-state index in [0.29, 0.717) is 6.04 Å². The molecule has 0 aromatic carbocycles. The fourth-order valence-corrected chi connectivity index (χ4v) is 2.22. The molecular weight excluding hydrogens is 200 g/mol. The molecule has 1 fully saturated rings. The van der Waals surface area contributed by atoms with Gasteiger partial charge in [-0.15, -0.1) is 0 Å². The lowest BCUT2D eigenvalue weighted by Gasteiger charge is -2.46. The van der Waals surface area contributed by atoms with Crippen LogP contribution in [0.4, 0.5) is 0 Å². The third-order valence-corrected chi connectivity index (χ3v) is 3.36. The van der Waals surface area contributed by atoms with E-state index >= 15 is 0 Å². The van der Waals surface area contributed by atoms with Gasteiger partial charge < -0.3 is 4.90 Å². The van der Waals surface area contributed by atoms with Crippen LogP contribution in [0.3, 0.4) is 0 Å². The van der Waals surface area contributed by atoms with Crippen LogP contribution in [0.2, 0.25) is 0 Å². The van der Waals surface area contributed by atoms with Crippen molar-refractivity contribution < 1.29 is 4.79 Å². The van der Waals surface area contributed by atoms with Gasteiger partial charge in [0.2, 0.25) is 5.91 Å². The van der Waals surface area contributed by atoms with Gasteiger partial charge in [-0.3, -0.25) is 9.69 Å². The normalized spacial score (nSPS) is 23.2. The van der Waals surface area contributed by atoms with Crippen LogP contribution in [0.1, 0.15) is 34.1 Å². The number of nitrogens with zero attached hydrogens (tertiary/aromatic N) is 2. The van der Waals surface area contributed by atoms with Crippen LogP contribution in [-0.4, -0.2) is 46.9 Å². The summed E-state index contributed by atoms with van der Waals surface area (Å²) in [5.74, 6) is 0.0698. The largest absolute Gasteiger partial charge is 0.334 e. The second kappa shape index (κ2) is 5.00. The van der Waals surface area contributed by atoms with Gasteiger partial charge in [0.1, 0.15) is 0 Å². The molecule has 1 atom stereocenters. The van der Waals surface area contributed by atoms with Crippen LogP contribution in [-0.2, 0) is 4.79 Å². The number of hydrogen-bond acceptors (Lipinski definition) is 2. The van der Waals surface area contributed by atoms with Crippen LogP contribution in [0, 0.1) is 0 Å². The molecule has 1 aliphatic rings. The lowest BCUT2D eigenvalue weighted by Crippen LogP contribution is -2.59. The van der Waals surface area contributed by atoms with Crippen molar-refractivity contribution in [2.75, 3.05) is 19.6 Å². The molecule has 0 N–H and O–H groups in total. The summed E-state index contributed by atoms with van der Waals surface area (Å²) in [6, 6.07) is 0.332. The van der Waals surface area contributed by atoms with Crippen LogP contribution in [0.25, 0.3) is 0 Å². The number of amides is 1. The molecule has 1 heterocycles. The predicted octanol–water partition coefficient (Wildman–Crippen LogP) is 1.89.